The van der Waals surface area contributed by atoms with Gasteiger partial charge in [0.15, 0.2) is 12.2 Å². The first-order chi connectivity index (χ1) is 13.3. The number of hydrogen-bond donors (Lipinski definition) is 3. The molecule has 10 nitrogen and oxygen atoms in total. The fourth-order valence-corrected chi connectivity index (χ4v) is 3.13. The summed E-state index contributed by atoms with van der Waals surface area (Å²) in [4.78, 5) is 33.6. The van der Waals surface area contributed by atoms with Gasteiger partial charge in [-0.1, -0.05) is 12.1 Å². The summed E-state index contributed by atoms with van der Waals surface area (Å²) in [7, 11) is 5.51. The number of nitrogens with one attached hydrogen (secondary N) is 2. The summed E-state index contributed by atoms with van der Waals surface area (Å²) < 4.78 is 0. The molecule has 2 heterocycles. The Morgan fingerprint density at radius 2 is 2.04 bits per heavy atom. The first-order valence-corrected chi connectivity index (χ1v) is 8.94. The lowest BCUT2D eigenvalue weighted by atomic mass is 10.1. The number of anilines is 1. The van der Waals surface area contributed by atoms with Crippen LogP contribution in [0.4, 0.5) is 10.5 Å². The molecule has 150 valence electrons. The maximum absolute atomic E-state index is 12.3. The minimum Gasteiger partial charge on any atom is -0.392 e. The van der Waals surface area contributed by atoms with Gasteiger partial charge in [0.05, 0.1) is 12.3 Å². The van der Waals surface area contributed by atoms with E-state index in [1.54, 1.807) is 25.1 Å². The predicted octanol–water partition coefficient (Wildman–Crippen LogP) is -0.395. The van der Waals surface area contributed by atoms with Crippen molar-refractivity contribution < 1.29 is 14.7 Å². The molecule has 3 unspecified atom stereocenters. The number of carbonyl (C=O) groups excluding carboxylic acids is 2. The summed E-state index contributed by atoms with van der Waals surface area (Å²) in [5.74, 6) is -0.119. The van der Waals surface area contributed by atoms with Gasteiger partial charge in [-0.05, 0) is 24.6 Å². The smallest absolute Gasteiger partial charge is 0.325 e. The topological polar surface area (TPSA) is 113 Å². The van der Waals surface area contributed by atoms with Crippen LogP contribution in [0.2, 0.25) is 0 Å². The van der Waals surface area contributed by atoms with Gasteiger partial charge in [0.1, 0.15) is 0 Å². The number of amides is 3. The van der Waals surface area contributed by atoms with Crippen LogP contribution < -0.4 is 15.6 Å². The van der Waals surface area contributed by atoms with Gasteiger partial charge in [0, 0.05) is 33.4 Å². The summed E-state index contributed by atoms with van der Waals surface area (Å²) in [5.41, 5.74) is 4.81. The number of nitrogens with zero attached hydrogens (tertiary/aromatic N) is 5. The zero-order valence-corrected chi connectivity index (χ0v) is 16.3. The lowest BCUT2D eigenvalue weighted by Gasteiger charge is -2.36. The molecule has 1 saturated heterocycles. The van der Waals surface area contributed by atoms with Crippen molar-refractivity contribution in [3.63, 3.8) is 0 Å². The zero-order valence-electron chi connectivity index (χ0n) is 16.3. The number of aliphatic hydroxyl groups excluding tert-OH is 1. The highest BCUT2D eigenvalue weighted by Gasteiger charge is 2.48. The SMILES string of the molecule is CC(O)CN1C(N/N=C/c2ccc(N(C)C)cc2)=NC2C1C(=O)NC(=O)N2C. The highest BCUT2D eigenvalue weighted by atomic mass is 16.3. The van der Waals surface area contributed by atoms with Crippen LogP contribution in [-0.4, -0.2) is 85.0 Å². The Morgan fingerprint density at radius 3 is 2.64 bits per heavy atom. The lowest BCUT2D eigenvalue weighted by Crippen LogP contribution is -2.64. The minimum atomic E-state index is -0.714. The normalized spacial score (nSPS) is 22.8. The van der Waals surface area contributed by atoms with Crippen molar-refractivity contribution in [1.82, 2.24) is 20.5 Å². The summed E-state index contributed by atoms with van der Waals surface area (Å²) in [5, 5.41) is 16.3. The van der Waals surface area contributed by atoms with Gasteiger partial charge in [-0.2, -0.15) is 5.10 Å². The van der Waals surface area contributed by atoms with Gasteiger partial charge >= 0.3 is 6.03 Å². The number of fused-ring (bicyclic) bond motifs is 1. The molecule has 0 aliphatic carbocycles. The monoisotopic (exact) mass is 387 g/mol. The van der Waals surface area contributed by atoms with E-state index in [0.29, 0.717) is 5.96 Å². The molecule has 0 bridgehead atoms. The van der Waals surface area contributed by atoms with Gasteiger partial charge in [-0.3, -0.25) is 10.1 Å². The molecular formula is C18H25N7O3. The molecule has 10 heteroatoms. The Hall–Kier alpha value is -3.14. The summed E-state index contributed by atoms with van der Waals surface area (Å²) in [6, 6.07) is 6.61. The van der Waals surface area contributed by atoms with Gasteiger partial charge in [-0.25, -0.2) is 15.2 Å². The fourth-order valence-electron chi connectivity index (χ4n) is 3.13. The van der Waals surface area contributed by atoms with Crippen molar-refractivity contribution in [2.75, 3.05) is 32.6 Å². The summed E-state index contributed by atoms with van der Waals surface area (Å²) in [6.07, 6.45) is 0.278. The van der Waals surface area contributed by atoms with Crippen LogP contribution >= 0.6 is 0 Å². The minimum absolute atomic E-state index is 0.176. The molecule has 3 atom stereocenters. The molecular weight excluding hydrogens is 362 g/mol. The van der Waals surface area contributed by atoms with Crippen molar-refractivity contribution in [2.24, 2.45) is 10.1 Å². The molecule has 3 rings (SSSR count). The van der Waals surface area contributed by atoms with Crippen LogP contribution in [0.3, 0.4) is 0 Å². The molecule has 1 aromatic rings. The molecule has 3 amide bonds. The van der Waals surface area contributed by atoms with E-state index < -0.39 is 30.2 Å². The average molecular weight is 387 g/mol. The number of imide groups is 1. The molecule has 1 fully saturated rings. The van der Waals surface area contributed by atoms with E-state index in [-0.39, 0.29) is 6.54 Å². The summed E-state index contributed by atoms with van der Waals surface area (Å²) >= 11 is 0. The fraction of sp³-hybridized carbons (Fsp3) is 0.444. The number of rotatable bonds is 5. The van der Waals surface area contributed by atoms with E-state index in [4.69, 9.17) is 0 Å². The Balaban J connectivity index is 1.76. The number of likely N-dealkylation sites (N-methyl/N-ethyl adjacent to an activating group) is 1. The van der Waals surface area contributed by atoms with E-state index in [2.05, 4.69) is 20.8 Å². The Bertz CT molecular complexity index is 804. The molecule has 1 aromatic carbocycles. The number of carbonyl (C=O) groups is 2. The second kappa shape index (κ2) is 7.85. The van der Waals surface area contributed by atoms with E-state index in [1.807, 2.05) is 43.3 Å². The quantitative estimate of drug-likeness (QED) is 0.468. The number of aliphatic imine (C=N–C) groups is 1. The van der Waals surface area contributed by atoms with Crippen LogP contribution in [-0.2, 0) is 4.79 Å². The highest BCUT2D eigenvalue weighted by Crippen LogP contribution is 2.23. The second-order valence-electron chi connectivity index (χ2n) is 7.07. The lowest BCUT2D eigenvalue weighted by molar-refractivity contribution is -0.127. The third-order valence-electron chi connectivity index (χ3n) is 4.61. The summed E-state index contributed by atoms with van der Waals surface area (Å²) in [6.45, 7) is 1.80. The van der Waals surface area contributed by atoms with Gasteiger partial charge in [0.2, 0.25) is 5.96 Å². The van der Waals surface area contributed by atoms with Gasteiger partial charge in [0.25, 0.3) is 5.91 Å². The Labute approximate surface area is 163 Å². The van der Waals surface area contributed by atoms with Gasteiger partial charge < -0.3 is 19.8 Å². The predicted molar refractivity (Wildman–Crippen MR) is 106 cm³/mol. The molecule has 2 aliphatic rings. The van der Waals surface area contributed by atoms with Crippen LogP contribution in [0, 0.1) is 0 Å². The standard InChI is InChI=1S/C18H25N7O3/c1-11(26)10-25-14-15(24(4)18(28)21-16(14)27)20-17(25)22-19-9-12-5-7-13(8-6-12)23(2)3/h5-9,11,14-15,26H,10H2,1-4H3,(H,20,22)(H,21,27,28)/b19-9+. The molecule has 0 saturated carbocycles. The third-order valence-corrected chi connectivity index (χ3v) is 4.61. The zero-order chi connectivity index (χ0) is 20.4. The molecule has 28 heavy (non-hydrogen) atoms. The van der Waals surface area contributed by atoms with E-state index in [1.165, 1.54) is 4.90 Å². The van der Waals surface area contributed by atoms with Crippen molar-refractivity contribution in [3.05, 3.63) is 29.8 Å². The van der Waals surface area contributed by atoms with Crippen molar-refractivity contribution >= 4 is 29.8 Å². The molecule has 0 spiro atoms. The number of urea groups is 1. The van der Waals surface area contributed by atoms with Gasteiger partial charge in [-0.15, -0.1) is 0 Å². The number of aliphatic hydroxyl groups is 1. The maximum atomic E-state index is 12.3. The first-order valence-electron chi connectivity index (χ1n) is 8.94. The second-order valence-corrected chi connectivity index (χ2v) is 7.07. The number of β-amino-alcohol motifs (C(OH)–C–C–N with tert-alkyl or cyclic N) is 1. The van der Waals surface area contributed by atoms with Crippen LogP contribution in [0.1, 0.15) is 12.5 Å². The number of benzene rings is 1. The highest BCUT2D eigenvalue weighted by molar-refractivity contribution is 6.03. The Kier molecular flexibility index (Phi) is 5.50. The number of hydrogen-bond acceptors (Lipinski definition) is 8. The largest absolute Gasteiger partial charge is 0.392 e. The van der Waals surface area contributed by atoms with Crippen molar-refractivity contribution in [3.8, 4) is 0 Å². The third kappa shape index (κ3) is 3.91. The van der Waals surface area contributed by atoms with Crippen LogP contribution in [0.5, 0.6) is 0 Å². The van der Waals surface area contributed by atoms with Crippen molar-refractivity contribution in [2.45, 2.75) is 25.2 Å². The first kappa shape index (κ1) is 19.6. The maximum Gasteiger partial charge on any atom is 0.325 e. The number of hydrazone groups is 1. The van der Waals surface area contributed by atoms with E-state index in [9.17, 15) is 14.7 Å². The van der Waals surface area contributed by atoms with E-state index in [0.717, 1.165) is 11.3 Å². The molecule has 2 aliphatic heterocycles. The van der Waals surface area contributed by atoms with E-state index >= 15 is 0 Å². The van der Waals surface area contributed by atoms with Crippen molar-refractivity contribution in [1.29, 1.82) is 0 Å². The van der Waals surface area contributed by atoms with Crippen LogP contribution in [0.15, 0.2) is 34.4 Å². The Morgan fingerprint density at radius 1 is 1.36 bits per heavy atom. The molecule has 3 N–H and O–H groups in total. The van der Waals surface area contributed by atoms with Crippen LogP contribution in [0.25, 0.3) is 0 Å². The molecule has 0 radical (unpaired) electrons. The molecule has 0 aromatic heterocycles. The number of guanidine groups is 1. The average Bonchev–Trinajstić information content (AvgIpc) is 2.98.